The van der Waals surface area contributed by atoms with E-state index in [0.717, 1.165) is 23.2 Å². The number of amides is 1. The number of nitrogens with zero attached hydrogens (tertiary/aromatic N) is 3. The van der Waals surface area contributed by atoms with E-state index in [1.54, 1.807) is 15.5 Å². The first-order chi connectivity index (χ1) is 20.0. The molecule has 1 aromatic heterocycles. The van der Waals surface area contributed by atoms with Crippen LogP contribution in [0.25, 0.3) is 16.6 Å². The summed E-state index contributed by atoms with van der Waals surface area (Å²) in [6, 6.07) is 34.7. The van der Waals surface area contributed by atoms with E-state index in [1.165, 1.54) is 5.56 Å². The lowest BCUT2D eigenvalue weighted by Crippen LogP contribution is -2.40. The first-order valence-electron chi connectivity index (χ1n) is 14.1. The van der Waals surface area contributed by atoms with Crippen molar-refractivity contribution in [2.45, 2.75) is 39.3 Å². The van der Waals surface area contributed by atoms with E-state index in [4.69, 9.17) is 9.72 Å². The molecule has 1 unspecified atom stereocenters. The highest BCUT2D eigenvalue weighted by atomic mass is 16.5. The summed E-state index contributed by atoms with van der Waals surface area (Å²) in [6.07, 6.45) is 1.57. The Morgan fingerprint density at radius 1 is 0.829 bits per heavy atom. The van der Waals surface area contributed by atoms with Gasteiger partial charge in [-0.25, -0.2) is 4.98 Å². The maximum absolute atomic E-state index is 13.9. The predicted octanol–water partition coefficient (Wildman–Crippen LogP) is 6.30. The topological polar surface area (TPSA) is 64.4 Å². The van der Waals surface area contributed by atoms with Gasteiger partial charge < -0.3 is 9.64 Å². The third-order valence-corrected chi connectivity index (χ3v) is 7.39. The van der Waals surface area contributed by atoms with E-state index < -0.39 is 6.04 Å². The van der Waals surface area contributed by atoms with E-state index in [1.807, 2.05) is 97.9 Å². The van der Waals surface area contributed by atoms with E-state index in [2.05, 4.69) is 19.1 Å². The van der Waals surface area contributed by atoms with Crippen LogP contribution in [0.2, 0.25) is 0 Å². The smallest absolute Gasteiger partial charge is 0.266 e. The van der Waals surface area contributed by atoms with Crippen molar-refractivity contribution in [2.75, 3.05) is 13.2 Å². The number of aromatic nitrogens is 2. The van der Waals surface area contributed by atoms with E-state index in [-0.39, 0.29) is 18.1 Å². The van der Waals surface area contributed by atoms with Gasteiger partial charge in [-0.2, -0.15) is 0 Å². The van der Waals surface area contributed by atoms with Gasteiger partial charge in [0.25, 0.3) is 5.56 Å². The molecule has 0 aliphatic carbocycles. The third-order valence-electron chi connectivity index (χ3n) is 7.39. The van der Waals surface area contributed by atoms with E-state index in [0.29, 0.717) is 36.3 Å². The number of hydrogen-bond donors (Lipinski definition) is 0. The largest absolute Gasteiger partial charge is 0.367 e. The van der Waals surface area contributed by atoms with Crippen molar-refractivity contribution in [1.82, 2.24) is 14.5 Å². The van der Waals surface area contributed by atoms with Crippen LogP contribution in [0, 0.1) is 0 Å². The number of aryl methyl sites for hydroxylation is 1. The second-order valence-corrected chi connectivity index (χ2v) is 10.1. The Balaban J connectivity index is 1.51. The number of rotatable bonds is 11. The van der Waals surface area contributed by atoms with Gasteiger partial charge in [-0.1, -0.05) is 91.9 Å². The van der Waals surface area contributed by atoms with Crippen molar-refractivity contribution in [1.29, 1.82) is 0 Å². The number of carbonyl (C=O) groups excluding carboxylic acids is 1. The molecule has 0 saturated carbocycles. The zero-order chi connectivity index (χ0) is 28.6. The number of carbonyl (C=O) groups is 1. The lowest BCUT2D eigenvalue weighted by Gasteiger charge is -2.31. The average molecular weight is 546 g/mol. The third kappa shape index (κ3) is 6.61. The molecule has 0 saturated heterocycles. The number of ether oxygens (including phenoxy) is 1. The summed E-state index contributed by atoms with van der Waals surface area (Å²) in [5.74, 6) is 0.363. The van der Waals surface area contributed by atoms with E-state index in [9.17, 15) is 9.59 Å². The Bertz CT molecular complexity index is 1650. The van der Waals surface area contributed by atoms with Gasteiger partial charge in [0.1, 0.15) is 12.4 Å². The molecule has 5 rings (SSSR count). The quantitative estimate of drug-likeness (QED) is 0.196. The second kappa shape index (κ2) is 13.2. The number of fused-ring (bicyclic) bond motifs is 1. The monoisotopic (exact) mass is 545 g/mol. The minimum atomic E-state index is -0.491. The lowest BCUT2D eigenvalue weighted by molar-refractivity contribution is -0.139. The SMILES string of the molecule is CCc1ccc(-n2c(C(C)N(CCc3ccccc3)C(=O)COCc3ccccc3)nc3ccccc3c2=O)cc1. The Morgan fingerprint density at radius 2 is 1.46 bits per heavy atom. The van der Waals surface area contributed by atoms with Gasteiger partial charge >= 0.3 is 0 Å². The molecule has 0 aliphatic rings. The highest BCUT2D eigenvalue weighted by Crippen LogP contribution is 2.24. The maximum Gasteiger partial charge on any atom is 0.266 e. The number of benzene rings is 4. The van der Waals surface area contributed by atoms with Crippen LogP contribution in [0.1, 0.15) is 42.4 Å². The highest BCUT2D eigenvalue weighted by Gasteiger charge is 2.27. The Morgan fingerprint density at radius 3 is 2.15 bits per heavy atom. The summed E-state index contributed by atoms with van der Waals surface area (Å²) in [6.45, 7) is 4.76. The highest BCUT2D eigenvalue weighted by molar-refractivity contribution is 5.79. The number of para-hydroxylation sites is 1. The zero-order valence-corrected chi connectivity index (χ0v) is 23.6. The molecular weight excluding hydrogens is 510 g/mol. The van der Waals surface area contributed by atoms with Crippen LogP contribution in [0.4, 0.5) is 0 Å². The molecule has 4 aromatic carbocycles. The van der Waals surface area contributed by atoms with Crippen molar-refractivity contribution >= 4 is 16.8 Å². The number of hydrogen-bond acceptors (Lipinski definition) is 4. The van der Waals surface area contributed by atoms with Crippen LogP contribution in [0.3, 0.4) is 0 Å². The molecule has 1 heterocycles. The molecule has 0 spiro atoms. The Labute approximate surface area is 240 Å². The summed E-state index contributed by atoms with van der Waals surface area (Å²) >= 11 is 0. The summed E-state index contributed by atoms with van der Waals surface area (Å²) in [5.41, 5.74) is 4.49. The molecule has 6 heteroatoms. The molecule has 0 N–H and O–H groups in total. The lowest BCUT2D eigenvalue weighted by atomic mass is 10.1. The predicted molar refractivity (Wildman–Crippen MR) is 163 cm³/mol. The van der Waals surface area contributed by atoms with Crippen LogP contribution in [-0.4, -0.2) is 33.5 Å². The molecule has 1 amide bonds. The summed E-state index contributed by atoms with van der Waals surface area (Å²) in [4.78, 5) is 34.4. The minimum absolute atomic E-state index is 0.0724. The van der Waals surface area contributed by atoms with Crippen molar-refractivity contribution in [3.05, 3.63) is 142 Å². The molecule has 5 aromatic rings. The maximum atomic E-state index is 13.9. The molecule has 0 bridgehead atoms. The van der Waals surface area contributed by atoms with Crippen LogP contribution in [0.15, 0.2) is 114 Å². The fraction of sp³-hybridized carbons (Fsp3) is 0.229. The molecule has 0 aliphatic heterocycles. The minimum Gasteiger partial charge on any atom is -0.367 e. The summed E-state index contributed by atoms with van der Waals surface area (Å²) < 4.78 is 7.51. The van der Waals surface area contributed by atoms with Crippen LogP contribution < -0.4 is 5.56 Å². The normalized spacial score (nSPS) is 11.9. The van der Waals surface area contributed by atoms with Gasteiger partial charge in [-0.3, -0.25) is 14.2 Å². The first-order valence-corrected chi connectivity index (χ1v) is 14.1. The van der Waals surface area contributed by atoms with Crippen molar-refractivity contribution in [3.63, 3.8) is 0 Å². The van der Waals surface area contributed by atoms with Gasteiger partial charge in [0.2, 0.25) is 5.91 Å². The molecule has 0 radical (unpaired) electrons. The molecule has 41 heavy (non-hydrogen) atoms. The molecule has 208 valence electrons. The van der Waals surface area contributed by atoms with Gasteiger partial charge in [0.15, 0.2) is 0 Å². The van der Waals surface area contributed by atoms with Gasteiger partial charge in [-0.15, -0.1) is 0 Å². The van der Waals surface area contributed by atoms with E-state index >= 15 is 0 Å². The molecular formula is C35H35N3O3. The van der Waals surface area contributed by atoms with Crippen molar-refractivity contribution in [2.24, 2.45) is 0 Å². The standard InChI is InChI=1S/C35H35N3O3/c1-3-27-18-20-30(21-19-27)38-34(36-32-17-11-10-16-31(32)35(38)40)26(2)37(23-22-28-12-6-4-7-13-28)33(39)25-41-24-29-14-8-5-9-15-29/h4-21,26H,3,22-25H2,1-2H3. The van der Waals surface area contributed by atoms with Crippen molar-refractivity contribution < 1.29 is 9.53 Å². The molecule has 0 fully saturated rings. The Hall–Kier alpha value is -4.55. The van der Waals surface area contributed by atoms with Gasteiger partial charge in [-0.05, 0) is 60.7 Å². The average Bonchev–Trinajstić information content (AvgIpc) is 3.02. The zero-order valence-electron chi connectivity index (χ0n) is 23.6. The molecule has 1 atom stereocenters. The summed E-state index contributed by atoms with van der Waals surface area (Å²) in [7, 11) is 0. The van der Waals surface area contributed by atoms with Crippen LogP contribution in [0.5, 0.6) is 0 Å². The fourth-order valence-corrected chi connectivity index (χ4v) is 5.04. The van der Waals surface area contributed by atoms with Gasteiger partial charge in [0, 0.05) is 6.54 Å². The second-order valence-electron chi connectivity index (χ2n) is 10.1. The fourth-order valence-electron chi connectivity index (χ4n) is 5.04. The van der Waals surface area contributed by atoms with Crippen molar-refractivity contribution in [3.8, 4) is 5.69 Å². The van der Waals surface area contributed by atoms with Crippen LogP contribution >= 0.6 is 0 Å². The molecule has 6 nitrogen and oxygen atoms in total. The summed E-state index contributed by atoms with van der Waals surface area (Å²) in [5, 5.41) is 0.538. The first kappa shape index (κ1) is 28.0. The Kier molecular flexibility index (Phi) is 9.02. The van der Waals surface area contributed by atoms with Crippen LogP contribution in [-0.2, 0) is 29.0 Å². The van der Waals surface area contributed by atoms with Gasteiger partial charge in [0.05, 0.1) is 29.2 Å².